The number of nitrogens with zero attached hydrogens (tertiary/aromatic N) is 2. The van der Waals surface area contributed by atoms with Gasteiger partial charge >= 0.3 is 0 Å². The minimum atomic E-state index is 0.0738. The summed E-state index contributed by atoms with van der Waals surface area (Å²) in [5.74, 6) is 1.70. The second-order valence-corrected chi connectivity index (χ2v) is 8.28. The van der Waals surface area contributed by atoms with Gasteiger partial charge in [0.05, 0.1) is 12.1 Å². The number of ether oxygens (including phenoxy) is 2. The van der Waals surface area contributed by atoms with Crippen molar-refractivity contribution in [2.24, 2.45) is 26.7 Å². The predicted octanol–water partition coefficient (Wildman–Crippen LogP) is 3.70. The van der Waals surface area contributed by atoms with Crippen LogP contribution >= 0.6 is 0 Å². The first-order valence-electron chi connectivity index (χ1n) is 8.04. The first kappa shape index (κ1) is 16.3. The average Bonchev–Trinajstić information content (AvgIpc) is 2.96. The molecular formula is C17H30N2O2. The molecule has 0 fully saturated rings. The summed E-state index contributed by atoms with van der Waals surface area (Å²) >= 11 is 0. The molecule has 21 heavy (non-hydrogen) atoms. The Morgan fingerprint density at radius 2 is 1.29 bits per heavy atom. The lowest BCUT2D eigenvalue weighted by Gasteiger charge is -2.22. The van der Waals surface area contributed by atoms with Gasteiger partial charge in [-0.1, -0.05) is 48.5 Å². The molecule has 4 nitrogen and oxygen atoms in total. The number of aliphatic imine (C=N–C) groups is 2. The molecule has 0 bridgehead atoms. The molecular weight excluding hydrogens is 264 g/mol. The van der Waals surface area contributed by atoms with E-state index in [0.717, 1.165) is 18.2 Å². The molecule has 0 aliphatic carbocycles. The second-order valence-electron chi connectivity index (χ2n) is 8.28. The van der Waals surface area contributed by atoms with Crippen molar-refractivity contribution >= 4 is 11.8 Å². The van der Waals surface area contributed by atoms with Gasteiger partial charge < -0.3 is 9.47 Å². The summed E-state index contributed by atoms with van der Waals surface area (Å²) in [5, 5.41) is 0. The molecule has 0 amide bonds. The molecule has 2 aliphatic rings. The highest BCUT2D eigenvalue weighted by molar-refractivity contribution is 6.01. The van der Waals surface area contributed by atoms with Crippen LogP contribution in [0.1, 0.15) is 54.9 Å². The normalized spacial score (nSPS) is 26.5. The Balaban J connectivity index is 2.15. The lowest BCUT2D eigenvalue weighted by Crippen LogP contribution is -2.25. The van der Waals surface area contributed by atoms with Crippen LogP contribution in [0.4, 0.5) is 0 Å². The minimum Gasteiger partial charge on any atom is -0.478 e. The Kier molecular flexibility index (Phi) is 4.36. The van der Waals surface area contributed by atoms with Crippen molar-refractivity contribution in [2.45, 2.75) is 67.0 Å². The average molecular weight is 294 g/mol. The van der Waals surface area contributed by atoms with Crippen molar-refractivity contribution in [1.29, 1.82) is 0 Å². The van der Waals surface area contributed by atoms with Crippen LogP contribution < -0.4 is 0 Å². The van der Waals surface area contributed by atoms with E-state index in [0.29, 0.717) is 13.2 Å². The molecule has 2 aliphatic heterocycles. The van der Waals surface area contributed by atoms with Crippen LogP contribution in [0, 0.1) is 16.7 Å². The van der Waals surface area contributed by atoms with E-state index in [1.807, 2.05) is 0 Å². The third-order valence-electron chi connectivity index (χ3n) is 4.35. The van der Waals surface area contributed by atoms with Crippen LogP contribution in [0.25, 0.3) is 0 Å². The van der Waals surface area contributed by atoms with Gasteiger partial charge in [0.1, 0.15) is 19.1 Å². The van der Waals surface area contributed by atoms with E-state index in [4.69, 9.17) is 19.5 Å². The van der Waals surface area contributed by atoms with Gasteiger partial charge in [0, 0.05) is 0 Å². The predicted molar refractivity (Wildman–Crippen MR) is 87.0 cm³/mol. The molecule has 0 radical (unpaired) electrons. The van der Waals surface area contributed by atoms with Gasteiger partial charge in [0.2, 0.25) is 0 Å². The van der Waals surface area contributed by atoms with Gasteiger partial charge in [-0.2, -0.15) is 0 Å². The van der Waals surface area contributed by atoms with Crippen molar-refractivity contribution in [3.05, 3.63) is 0 Å². The van der Waals surface area contributed by atoms with E-state index in [1.54, 1.807) is 0 Å². The van der Waals surface area contributed by atoms with E-state index in [2.05, 4.69) is 48.5 Å². The molecule has 0 aromatic heterocycles. The maximum absolute atomic E-state index is 5.87. The summed E-state index contributed by atoms with van der Waals surface area (Å²) in [4.78, 5) is 9.59. The molecule has 0 spiro atoms. The summed E-state index contributed by atoms with van der Waals surface area (Å²) in [6.45, 7) is 16.7. The number of hydrogen-bond donors (Lipinski definition) is 0. The van der Waals surface area contributed by atoms with Crippen LogP contribution in [0.3, 0.4) is 0 Å². The maximum Gasteiger partial charge on any atom is 0.196 e. The van der Waals surface area contributed by atoms with Gasteiger partial charge in [0.15, 0.2) is 11.8 Å². The van der Waals surface area contributed by atoms with Crippen LogP contribution in [0.15, 0.2) is 9.98 Å². The molecule has 2 atom stereocenters. The highest BCUT2D eigenvalue weighted by Crippen LogP contribution is 2.31. The lowest BCUT2D eigenvalue weighted by molar-refractivity contribution is 0.222. The van der Waals surface area contributed by atoms with Crippen molar-refractivity contribution in [3.8, 4) is 0 Å². The summed E-state index contributed by atoms with van der Waals surface area (Å²) in [6.07, 6.45) is 0.908. The third-order valence-corrected chi connectivity index (χ3v) is 4.35. The fraction of sp³-hybridized carbons (Fsp3) is 0.882. The Morgan fingerprint density at radius 1 is 0.905 bits per heavy atom. The first-order chi connectivity index (χ1) is 9.63. The molecule has 0 unspecified atom stereocenters. The Morgan fingerprint density at radius 3 is 1.52 bits per heavy atom. The zero-order valence-electron chi connectivity index (χ0n) is 14.6. The van der Waals surface area contributed by atoms with Crippen molar-refractivity contribution in [3.63, 3.8) is 0 Å². The molecule has 0 aromatic rings. The largest absolute Gasteiger partial charge is 0.478 e. The third kappa shape index (κ3) is 3.58. The van der Waals surface area contributed by atoms with Crippen LogP contribution in [0.2, 0.25) is 0 Å². The zero-order valence-corrected chi connectivity index (χ0v) is 14.6. The quantitative estimate of drug-likeness (QED) is 0.796. The number of rotatable bonds is 3. The molecule has 4 heteroatoms. The smallest absolute Gasteiger partial charge is 0.196 e. The van der Waals surface area contributed by atoms with Gasteiger partial charge in [-0.15, -0.1) is 0 Å². The van der Waals surface area contributed by atoms with Crippen LogP contribution in [-0.2, 0) is 9.47 Å². The number of hydrogen-bond acceptors (Lipinski definition) is 4. The molecule has 0 saturated carbocycles. The molecule has 2 heterocycles. The first-order valence-corrected chi connectivity index (χ1v) is 8.04. The summed E-state index contributed by atoms with van der Waals surface area (Å²) < 4.78 is 11.7. The van der Waals surface area contributed by atoms with Crippen molar-refractivity contribution in [1.82, 2.24) is 0 Å². The SMILES string of the molecule is CCC(C1=N[C@@H](C(C)(C)C)CO1)C1=N[C@@H](C(C)(C)C)CO1. The Labute approximate surface area is 129 Å². The van der Waals surface area contributed by atoms with Crippen LogP contribution in [0.5, 0.6) is 0 Å². The van der Waals surface area contributed by atoms with Gasteiger partial charge in [0.25, 0.3) is 0 Å². The summed E-state index contributed by atoms with van der Waals surface area (Å²) in [6, 6.07) is 0.448. The van der Waals surface area contributed by atoms with Gasteiger partial charge in [-0.25, -0.2) is 9.98 Å². The molecule has 0 N–H and O–H groups in total. The van der Waals surface area contributed by atoms with Crippen molar-refractivity contribution in [2.75, 3.05) is 13.2 Å². The van der Waals surface area contributed by atoms with Gasteiger partial charge in [-0.3, -0.25) is 0 Å². The summed E-state index contributed by atoms with van der Waals surface area (Å²) in [5.41, 5.74) is 0.263. The van der Waals surface area contributed by atoms with Gasteiger partial charge in [-0.05, 0) is 17.3 Å². The highest BCUT2D eigenvalue weighted by Gasteiger charge is 2.38. The van der Waals surface area contributed by atoms with Crippen LogP contribution in [-0.4, -0.2) is 37.1 Å². The topological polar surface area (TPSA) is 43.2 Å². The standard InChI is InChI=1S/C17H30N2O2/c1-8-11(14-18-12(9-20-14)16(2,3)4)15-19-13(10-21-15)17(5,6)7/h11-13H,8-10H2,1-7H3/t12-,13-/m1/s1. The molecule has 0 aromatic carbocycles. The molecule has 2 rings (SSSR count). The van der Waals surface area contributed by atoms with Crippen molar-refractivity contribution < 1.29 is 9.47 Å². The Bertz CT molecular complexity index is 401. The summed E-state index contributed by atoms with van der Waals surface area (Å²) in [7, 11) is 0. The Hall–Kier alpha value is -1.06. The van der Waals surface area contributed by atoms with E-state index in [1.165, 1.54) is 0 Å². The lowest BCUT2D eigenvalue weighted by atomic mass is 9.88. The maximum atomic E-state index is 5.87. The molecule has 0 saturated heterocycles. The monoisotopic (exact) mass is 294 g/mol. The van der Waals surface area contributed by atoms with E-state index in [-0.39, 0.29) is 28.8 Å². The second kappa shape index (κ2) is 5.62. The fourth-order valence-electron chi connectivity index (χ4n) is 2.51. The fourth-order valence-corrected chi connectivity index (χ4v) is 2.51. The highest BCUT2D eigenvalue weighted by atomic mass is 16.5. The zero-order chi connectivity index (χ0) is 15.8. The molecule has 120 valence electrons. The van der Waals surface area contributed by atoms with E-state index >= 15 is 0 Å². The van der Waals surface area contributed by atoms with E-state index < -0.39 is 0 Å². The minimum absolute atomic E-state index is 0.0738. The van der Waals surface area contributed by atoms with E-state index in [9.17, 15) is 0 Å².